The lowest BCUT2D eigenvalue weighted by Gasteiger charge is -2.08. The van der Waals surface area contributed by atoms with E-state index in [0.29, 0.717) is 17.8 Å². The molecule has 3 aromatic rings. The molecule has 2 heterocycles. The molecule has 0 radical (unpaired) electrons. The molecule has 8 nitrogen and oxygen atoms in total. The normalized spacial score (nSPS) is 10.6. The lowest BCUT2D eigenvalue weighted by Crippen LogP contribution is -2.26. The summed E-state index contributed by atoms with van der Waals surface area (Å²) in [4.78, 5) is 24.9. The van der Waals surface area contributed by atoms with Gasteiger partial charge in [-0.25, -0.2) is 0 Å². The van der Waals surface area contributed by atoms with E-state index in [1.165, 1.54) is 10.9 Å². The van der Waals surface area contributed by atoms with E-state index < -0.39 is 0 Å². The average Bonchev–Trinajstić information content (AvgIpc) is 3.19. The van der Waals surface area contributed by atoms with E-state index in [9.17, 15) is 9.59 Å². The van der Waals surface area contributed by atoms with Crippen molar-refractivity contribution in [2.75, 3.05) is 5.32 Å². The van der Waals surface area contributed by atoms with Gasteiger partial charge >= 0.3 is 0 Å². The van der Waals surface area contributed by atoms with Crippen LogP contribution in [0.4, 0.5) is 5.69 Å². The highest BCUT2D eigenvalue weighted by molar-refractivity contribution is 9.10. The van der Waals surface area contributed by atoms with E-state index in [4.69, 9.17) is 0 Å². The molecule has 0 saturated heterocycles. The molecule has 0 fully saturated rings. The molecule has 3 rings (SSSR count). The lowest BCUT2D eigenvalue weighted by molar-refractivity contribution is 0.0942. The Labute approximate surface area is 158 Å². The van der Waals surface area contributed by atoms with Gasteiger partial charge in [0.2, 0.25) is 0 Å². The maximum Gasteiger partial charge on any atom is 0.271 e. The Bertz CT molecular complexity index is 945. The zero-order valence-electron chi connectivity index (χ0n) is 14.2. The Morgan fingerprint density at radius 3 is 2.46 bits per heavy atom. The zero-order valence-corrected chi connectivity index (χ0v) is 15.8. The van der Waals surface area contributed by atoms with Gasteiger partial charge in [-0.3, -0.25) is 19.0 Å². The van der Waals surface area contributed by atoms with Gasteiger partial charge in [0.1, 0.15) is 5.69 Å². The molecule has 2 aromatic heterocycles. The van der Waals surface area contributed by atoms with Crippen molar-refractivity contribution < 1.29 is 9.59 Å². The van der Waals surface area contributed by atoms with Crippen LogP contribution in [0.1, 0.15) is 26.4 Å². The molecule has 2 amide bonds. The van der Waals surface area contributed by atoms with Gasteiger partial charge in [-0.15, -0.1) is 0 Å². The summed E-state index contributed by atoms with van der Waals surface area (Å²) in [7, 11) is 3.45. The molecule has 9 heteroatoms. The largest absolute Gasteiger partial charge is 0.346 e. The van der Waals surface area contributed by atoms with Gasteiger partial charge in [0.15, 0.2) is 0 Å². The minimum absolute atomic E-state index is 0.277. The Morgan fingerprint density at radius 1 is 1.08 bits per heavy atom. The second-order valence-corrected chi connectivity index (χ2v) is 6.61. The van der Waals surface area contributed by atoms with Crippen LogP contribution in [0.15, 0.2) is 47.3 Å². The second kappa shape index (κ2) is 7.52. The molecule has 1 aromatic carbocycles. The summed E-state index contributed by atoms with van der Waals surface area (Å²) in [5.74, 6) is -0.647. The van der Waals surface area contributed by atoms with Crippen molar-refractivity contribution in [2.24, 2.45) is 14.1 Å². The summed E-state index contributed by atoms with van der Waals surface area (Å²) in [6.07, 6.45) is 4.95. The van der Waals surface area contributed by atoms with Crippen LogP contribution in [-0.4, -0.2) is 31.4 Å². The standard InChI is InChI=1S/C17H17BrN6O2/c1-23-10-11(8-20-23)7-19-17(26)15-14(9-21-24(15)2)22-16(25)12-3-5-13(18)6-4-12/h3-6,8-10H,7H2,1-2H3,(H,19,26)(H,22,25). The first-order valence-electron chi connectivity index (χ1n) is 7.78. The Balaban J connectivity index is 1.72. The van der Waals surface area contributed by atoms with Crippen LogP contribution < -0.4 is 10.6 Å². The van der Waals surface area contributed by atoms with Crippen LogP contribution in [-0.2, 0) is 20.6 Å². The van der Waals surface area contributed by atoms with Crippen LogP contribution in [0.3, 0.4) is 0 Å². The fourth-order valence-electron chi connectivity index (χ4n) is 2.42. The molecule has 0 unspecified atom stereocenters. The lowest BCUT2D eigenvalue weighted by atomic mass is 10.2. The van der Waals surface area contributed by atoms with E-state index in [1.807, 2.05) is 13.2 Å². The molecule has 134 valence electrons. The highest BCUT2D eigenvalue weighted by Gasteiger charge is 2.19. The molecule has 0 saturated carbocycles. The number of nitrogens with one attached hydrogen (secondary N) is 2. The number of aryl methyl sites for hydroxylation is 2. The average molecular weight is 417 g/mol. The first kappa shape index (κ1) is 17.9. The van der Waals surface area contributed by atoms with Crippen LogP contribution in [0, 0.1) is 0 Å². The number of halogens is 1. The molecule has 0 bridgehead atoms. The van der Waals surface area contributed by atoms with E-state index in [-0.39, 0.29) is 17.5 Å². The van der Waals surface area contributed by atoms with Crippen molar-refractivity contribution in [3.8, 4) is 0 Å². The van der Waals surface area contributed by atoms with E-state index >= 15 is 0 Å². The number of carbonyl (C=O) groups excluding carboxylic acids is 2. The van der Waals surface area contributed by atoms with Crippen molar-refractivity contribution in [1.29, 1.82) is 0 Å². The summed E-state index contributed by atoms with van der Waals surface area (Å²) in [5, 5.41) is 13.7. The van der Waals surface area contributed by atoms with Crippen LogP contribution in [0.2, 0.25) is 0 Å². The Morgan fingerprint density at radius 2 is 1.81 bits per heavy atom. The topological polar surface area (TPSA) is 93.8 Å². The SMILES string of the molecule is Cn1cc(CNC(=O)c2c(NC(=O)c3ccc(Br)cc3)cnn2C)cn1. The monoisotopic (exact) mass is 416 g/mol. The van der Waals surface area contributed by atoms with Gasteiger partial charge in [0.25, 0.3) is 11.8 Å². The van der Waals surface area contributed by atoms with Crippen LogP contribution >= 0.6 is 15.9 Å². The Kier molecular flexibility index (Phi) is 5.17. The van der Waals surface area contributed by atoms with E-state index in [2.05, 4.69) is 36.8 Å². The molecular weight excluding hydrogens is 400 g/mol. The molecule has 0 aliphatic heterocycles. The van der Waals surface area contributed by atoms with Gasteiger partial charge in [-0.05, 0) is 24.3 Å². The van der Waals surface area contributed by atoms with Crippen LogP contribution in [0.25, 0.3) is 0 Å². The van der Waals surface area contributed by atoms with Gasteiger partial charge < -0.3 is 10.6 Å². The maximum atomic E-state index is 12.5. The van der Waals surface area contributed by atoms with Crippen molar-refractivity contribution in [2.45, 2.75) is 6.54 Å². The highest BCUT2D eigenvalue weighted by Crippen LogP contribution is 2.17. The predicted molar refractivity (Wildman–Crippen MR) is 99.7 cm³/mol. The summed E-state index contributed by atoms with van der Waals surface area (Å²) in [6, 6.07) is 6.94. The number of rotatable bonds is 5. The molecule has 0 spiro atoms. The van der Waals surface area contributed by atoms with Gasteiger partial charge in [-0.1, -0.05) is 15.9 Å². The van der Waals surface area contributed by atoms with Gasteiger partial charge in [0, 0.05) is 42.4 Å². The number of hydrogen-bond acceptors (Lipinski definition) is 4. The highest BCUT2D eigenvalue weighted by atomic mass is 79.9. The summed E-state index contributed by atoms with van der Waals surface area (Å²) >= 11 is 3.33. The number of carbonyl (C=O) groups is 2. The first-order chi connectivity index (χ1) is 12.4. The number of amides is 2. The second-order valence-electron chi connectivity index (χ2n) is 5.70. The molecule has 0 atom stereocenters. The van der Waals surface area contributed by atoms with Crippen molar-refractivity contribution >= 4 is 33.4 Å². The third-order valence-corrected chi connectivity index (χ3v) is 4.25. The molecule has 26 heavy (non-hydrogen) atoms. The fraction of sp³-hybridized carbons (Fsp3) is 0.176. The summed E-state index contributed by atoms with van der Waals surface area (Å²) < 4.78 is 3.97. The quantitative estimate of drug-likeness (QED) is 0.665. The van der Waals surface area contributed by atoms with Crippen LogP contribution in [0.5, 0.6) is 0 Å². The minimum Gasteiger partial charge on any atom is -0.346 e. The first-order valence-corrected chi connectivity index (χ1v) is 8.58. The number of hydrogen-bond donors (Lipinski definition) is 2. The fourth-order valence-corrected chi connectivity index (χ4v) is 2.69. The molecule has 0 aliphatic carbocycles. The van der Waals surface area contributed by atoms with E-state index in [1.54, 1.807) is 42.2 Å². The third kappa shape index (κ3) is 3.99. The van der Waals surface area contributed by atoms with Gasteiger partial charge in [-0.2, -0.15) is 10.2 Å². The van der Waals surface area contributed by atoms with Crippen molar-refractivity contribution in [3.63, 3.8) is 0 Å². The third-order valence-electron chi connectivity index (χ3n) is 3.72. The minimum atomic E-state index is -0.333. The number of benzene rings is 1. The zero-order chi connectivity index (χ0) is 18.7. The predicted octanol–water partition coefficient (Wildman–Crippen LogP) is 2.10. The smallest absolute Gasteiger partial charge is 0.271 e. The number of aromatic nitrogens is 4. The van der Waals surface area contributed by atoms with Crippen molar-refractivity contribution in [3.05, 3.63) is 64.1 Å². The number of nitrogens with zero attached hydrogens (tertiary/aromatic N) is 4. The number of anilines is 1. The maximum absolute atomic E-state index is 12.5. The summed E-state index contributed by atoms with van der Waals surface area (Å²) in [6.45, 7) is 0.331. The van der Waals surface area contributed by atoms with Gasteiger partial charge in [0.05, 0.1) is 18.1 Å². The molecule has 2 N–H and O–H groups in total. The van der Waals surface area contributed by atoms with Crippen molar-refractivity contribution in [1.82, 2.24) is 24.9 Å². The molecular formula is C17H17BrN6O2. The summed E-state index contributed by atoms with van der Waals surface area (Å²) in [5.41, 5.74) is 1.99. The van der Waals surface area contributed by atoms with E-state index in [0.717, 1.165) is 10.0 Å². The molecule has 0 aliphatic rings. The Hall–Kier alpha value is -2.94.